The van der Waals surface area contributed by atoms with Gasteiger partial charge in [-0.05, 0) is 28.8 Å². The van der Waals surface area contributed by atoms with Crippen molar-refractivity contribution in [3.05, 3.63) is 70.8 Å². The van der Waals surface area contributed by atoms with Gasteiger partial charge in [0.15, 0.2) is 0 Å². The van der Waals surface area contributed by atoms with E-state index in [2.05, 4.69) is 58.4 Å². The molecular formula is C20H19N3O. The average molecular weight is 317 g/mol. The van der Waals surface area contributed by atoms with Gasteiger partial charge in [-0.15, -0.1) is 0 Å². The number of carbonyl (C=O) groups is 1. The molecule has 24 heavy (non-hydrogen) atoms. The number of benzene rings is 2. The molecule has 3 aliphatic rings. The highest BCUT2D eigenvalue weighted by molar-refractivity contribution is 6.00. The highest BCUT2D eigenvalue weighted by atomic mass is 16.1. The molecule has 3 N–H and O–H groups in total. The summed E-state index contributed by atoms with van der Waals surface area (Å²) in [6.45, 7) is 2.33. The summed E-state index contributed by atoms with van der Waals surface area (Å²) in [6, 6.07) is 16.7. The normalized spacial score (nSPS) is 24.2. The molecule has 0 saturated heterocycles. The third kappa shape index (κ3) is 1.89. The molecule has 0 aliphatic carbocycles. The fourth-order valence-electron chi connectivity index (χ4n) is 4.34. The first-order valence-electron chi connectivity index (χ1n) is 8.49. The van der Waals surface area contributed by atoms with Gasteiger partial charge in [0.05, 0.1) is 0 Å². The van der Waals surface area contributed by atoms with Gasteiger partial charge in [-0.1, -0.05) is 36.4 Å². The van der Waals surface area contributed by atoms with Gasteiger partial charge in [-0.3, -0.25) is 4.79 Å². The number of nitrogens with one attached hydrogen (secondary N) is 3. The summed E-state index contributed by atoms with van der Waals surface area (Å²) in [5.41, 5.74) is 7.11. The Balaban J connectivity index is 1.61. The second-order valence-corrected chi connectivity index (χ2v) is 6.66. The van der Waals surface area contributed by atoms with Gasteiger partial charge in [0.2, 0.25) is 5.91 Å². The summed E-state index contributed by atoms with van der Waals surface area (Å²) in [5, 5.41) is 10.00. The Morgan fingerprint density at radius 2 is 1.33 bits per heavy atom. The van der Waals surface area contributed by atoms with E-state index in [1.54, 1.807) is 0 Å². The Hall–Kier alpha value is -2.75. The fraction of sp³-hybridized carbons (Fsp3) is 0.250. The van der Waals surface area contributed by atoms with Gasteiger partial charge in [0, 0.05) is 48.4 Å². The third-order valence-corrected chi connectivity index (χ3v) is 5.46. The van der Waals surface area contributed by atoms with Gasteiger partial charge in [0.1, 0.15) is 0 Å². The van der Waals surface area contributed by atoms with Crippen molar-refractivity contribution in [2.45, 2.75) is 11.8 Å². The molecule has 2 atom stereocenters. The van der Waals surface area contributed by atoms with Crippen LogP contribution in [0.5, 0.6) is 0 Å². The first-order chi connectivity index (χ1) is 11.8. The molecular weight excluding hydrogens is 298 g/mol. The van der Waals surface area contributed by atoms with E-state index >= 15 is 0 Å². The summed E-state index contributed by atoms with van der Waals surface area (Å²) < 4.78 is 0. The number of amides is 1. The molecule has 4 heteroatoms. The van der Waals surface area contributed by atoms with Crippen LogP contribution in [0.2, 0.25) is 0 Å². The van der Waals surface area contributed by atoms with Crippen LogP contribution in [0.4, 0.5) is 11.4 Å². The van der Waals surface area contributed by atoms with E-state index in [-0.39, 0.29) is 17.7 Å². The van der Waals surface area contributed by atoms with Crippen molar-refractivity contribution in [3.63, 3.8) is 0 Å². The molecule has 1 amide bonds. The number of hydrogen-bond donors (Lipinski definition) is 3. The average Bonchev–Trinajstić information content (AvgIpc) is 3.31. The highest BCUT2D eigenvalue weighted by Gasteiger charge is 2.38. The van der Waals surface area contributed by atoms with Crippen molar-refractivity contribution >= 4 is 17.3 Å². The first-order valence-corrected chi connectivity index (χ1v) is 8.49. The van der Waals surface area contributed by atoms with Crippen LogP contribution in [-0.4, -0.2) is 25.5 Å². The van der Waals surface area contributed by atoms with Crippen LogP contribution in [0.3, 0.4) is 0 Å². The molecule has 2 aromatic carbocycles. The standard InChI is InChI=1S/C20H19N3O/c24-20-19(15-10-22-18-8-4-2-6-13(15)18)16(11-23-20)14-9-21-17-7-3-1-5-12(14)17/h1-8,14-15,21-22H,9-11H2,(H,23,24). The maximum Gasteiger partial charge on any atom is 0.248 e. The van der Waals surface area contributed by atoms with E-state index in [0.29, 0.717) is 6.54 Å². The van der Waals surface area contributed by atoms with E-state index in [4.69, 9.17) is 0 Å². The number of anilines is 2. The van der Waals surface area contributed by atoms with Crippen LogP contribution < -0.4 is 16.0 Å². The molecule has 0 fully saturated rings. The maximum absolute atomic E-state index is 12.6. The molecule has 0 radical (unpaired) electrons. The molecule has 3 aliphatic heterocycles. The van der Waals surface area contributed by atoms with Gasteiger partial charge in [-0.2, -0.15) is 0 Å². The number of fused-ring (bicyclic) bond motifs is 2. The number of hydrogen-bond acceptors (Lipinski definition) is 3. The van der Waals surface area contributed by atoms with Crippen molar-refractivity contribution in [2.24, 2.45) is 0 Å². The molecule has 0 spiro atoms. The van der Waals surface area contributed by atoms with Crippen molar-refractivity contribution in [2.75, 3.05) is 30.3 Å². The molecule has 0 aromatic heterocycles. The van der Waals surface area contributed by atoms with Crippen LogP contribution in [0.1, 0.15) is 23.0 Å². The SMILES string of the molecule is O=C1NCC(C2CNc3ccccc32)=C1C1CNc2ccccc21. The van der Waals surface area contributed by atoms with Crippen molar-refractivity contribution in [1.82, 2.24) is 5.32 Å². The van der Waals surface area contributed by atoms with Gasteiger partial charge >= 0.3 is 0 Å². The lowest BCUT2D eigenvalue weighted by Gasteiger charge is -2.17. The van der Waals surface area contributed by atoms with E-state index in [1.165, 1.54) is 22.4 Å². The van der Waals surface area contributed by atoms with E-state index in [9.17, 15) is 4.79 Å². The summed E-state index contributed by atoms with van der Waals surface area (Å²) >= 11 is 0. The Bertz CT molecular complexity index is 871. The van der Waals surface area contributed by atoms with Crippen LogP contribution in [0.15, 0.2) is 59.7 Å². The zero-order valence-electron chi connectivity index (χ0n) is 13.3. The molecule has 2 aromatic rings. The van der Waals surface area contributed by atoms with Gasteiger partial charge < -0.3 is 16.0 Å². The lowest BCUT2D eigenvalue weighted by molar-refractivity contribution is -0.116. The predicted octanol–water partition coefficient (Wildman–Crippen LogP) is 2.83. The number of carbonyl (C=O) groups excluding carboxylic acids is 1. The van der Waals surface area contributed by atoms with Gasteiger partial charge in [-0.25, -0.2) is 0 Å². The Labute approximate surface area is 141 Å². The molecule has 0 saturated carbocycles. The molecule has 120 valence electrons. The lowest BCUT2D eigenvalue weighted by Crippen LogP contribution is -2.21. The maximum atomic E-state index is 12.6. The third-order valence-electron chi connectivity index (χ3n) is 5.46. The topological polar surface area (TPSA) is 53.2 Å². The Morgan fingerprint density at radius 3 is 2.04 bits per heavy atom. The smallest absolute Gasteiger partial charge is 0.248 e. The zero-order valence-corrected chi connectivity index (χ0v) is 13.3. The Kier molecular flexibility index (Phi) is 2.92. The summed E-state index contributed by atoms with van der Waals surface area (Å²) in [5.74, 6) is 0.521. The zero-order chi connectivity index (χ0) is 16.1. The lowest BCUT2D eigenvalue weighted by atomic mass is 9.84. The largest absolute Gasteiger partial charge is 0.384 e. The second kappa shape index (κ2) is 5.13. The van der Waals surface area contributed by atoms with Crippen LogP contribution in [-0.2, 0) is 4.79 Å². The van der Waals surface area contributed by atoms with Crippen LogP contribution in [0.25, 0.3) is 0 Å². The van der Waals surface area contributed by atoms with Crippen molar-refractivity contribution in [3.8, 4) is 0 Å². The molecule has 3 heterocycles. The summed E-state index contributed by atoms with van der Waals surface area (Å²) in [4.78, 5) is 12.6. The number of rotatable bonds is 2. The summed E-state index contributed by atoms with van der Waals surface area (Å²) in [6.07, 6.45) is 0. The van der Waals surface area contributed by atoms with Crippen LogP contribution in [0, 0.1) is 0 Å². The van der Waals surface area contributed by atoms with E-state index in [1.807, 2.05) is 6.07 Å². The minimum Gasteiger partial charge on any atom is -0.384 e. The van der Waals surface area contributed by atoms with Gasteiger partial charge in [0.25, 0.3) is 0 Å². The minimum atomic E-state index is 0.0953. The number of para-hydroxylation sites is 2. The molecule has 0 bridgehead atoms. The first kappa shape index (κ1) is 13.7. The van der Waals surface area contributed by atoms with Crippen LogP contribution >= 0.6 is 0 Å². The molecule has 4 nitrogen and oxygen atoms in total. The second-order valence-electron chi connectivity index (χ2n) is 6.66. The Morgan fingerprint density at radius 1 is 0.750 bits per heavy atom. The minimum absolute atomic E-state index is 0.0953. The quantitative estimate of drug-likeness (QED) is 0.798. The predicted molar refractivity (Wildman–Crippen MR) is 95.4 cm³/mol. The fourth-order valence-corrected chi connectivity index (χ4v) is 4.34. The molecule has 5 rings (SSSR count). The highest BCUT2D eigenvalue weighted by Crippen LogP contribution is 2.44. The summed E-state index contributed by atoms with van der Waals surface area (Å²) in [7, 11) is 0. The monoisotopic (exact) mass is 317 g/mol. The van der Waals surface area contributed by atoms with Crippen molar-refractivity contribution in [1.29, 1.82) is 0 Å². The van der Waals surface area contributed by atoms with Crippen molar-refractivity contribution < 1.29 is 4.79 Å². The van der Waals surface area contributed by atoms with E-state index < -0.39 is 0 Å². The molecule has 2 unspecified atom stereocenters. The van der Waals surface area contributed by atoms with E-state index in [0.717, 1.165) is 24.4 Å².